The standard InChI is InChI=1S/C15H17ClN2S/c16-13-6-2-1-4-12(13)15(18-17)11-5-3-7-14-10(11)8-9-19-14/h1-2,4,6,8-9,11,15,18H,3,5,7,17H2. The molecule has 0 radical (unpaired) electrons. The molecule has 3 N–H and O–H groups in total. The molecule has 0 fully saturated rings. The zero-order valence-corrected chi connectivity index (χ0v) is 12.2. The van der Waals surface area contributed by atoms with E-state index >= 15 is 0 Å². The molecule has 2 unspecified atom stereocenters. The Hall–Kier alpha value is -0.870. The molecule has 1 aromatic heterocycles. The van der Waals surface area contributed by atoms with Gasteiger partial charge in [0, 0.05) is 15.8 Å². The first kappa shape index (κ1) is 13.1. The Balaban J connectivity index is 1.99. The molecule has 2 aromatic rings. The highest BCUT2D eigenvalue weighted by atomic mass is 35.5. The molecule has 0 spiro atoms. The van der Waals surface area contributed by atoms with Crippen LogP contribution >= 0.6 is 22.9 Å². The average molecular weight is 293 g/mol. The molecule has 1 aromatic carbocycles. The highest BCUT2D eigenvalue weighted by Crippen LogP contribution is 2.43. The molecule has 0 saturated heterocycles. The van der Waals surface area contributed by atoms with Crippen molar-refractivity contribution in [3.8, 4) is 0 Å². The summed E-state index contributed by atoms with van der Waals surface area (Å²) in [5, 5.41) is 2.97. The third-order valence-electron chi connectivity index (χ3n) is 3.92. The van der Waals surface area contributed by atoms with Gasteiger partial charge in [-0.25, -0.2) is 0 Å². The van der Waals surface area contributed by atoms with Crippen LogP contribution in [0.15, 0.2) is 35.7 Å². The molecule has 4 heteroatoms. The van der Waals surface area contributed by atoms with Gasteiger partial charge in [0.15, 0.2) is 0 Å². The predicted molar refractivity (Wildman–Crippen MR) is 81.5 cm³/mol. The van der Waals surface area contributed by atoms with E-state index in [0.717, 1.165) is 17.0 Å². The maximum atomic E-state index is 6.33. The first-order chi connectivity index (χ1) is 9.31. The summed E-state index contributed by atoms with van der Waals surface area (Å²) in [4.78, 5) is 1.50. The Morgan fingerprint density at radius 1 is 1.32 bits per heavy atom. The summed E-state index contributed by atoms with van der Waals surface area (Å²) in [6, 6.07) is 10.3. The summed E-state index contributed by atoms with van der Waals surface area (Å²) in [6.07, 6.45) is 3.58. The quantitative estimate of drug-likeness (QED) is 0.662. The smallest absolute Gasteiger partial charge is 0.0543 e. The van der Waals surface area contributed by atoms with Gasteiger partial charge in [-0.3, -0.25) is 11.3 Å². The van der Waals surface area contributed by atoms with Crippen molar-refractivity contribution >= 4 is 22.9 Å². The third-order valence-corrected chi connectivity index (χ3v) is 5.26. The number of hydrazine groups is 1. The molecular weight excluding hydrogens is 276 g/mol. The fourth-order valence-electron chi connectivity index (χ4n) is 3.02. The minimum Gasteiger partial charge on any atom is -0.271 e. The Morgan fingerprint density at radius 2 is 2.16 bits per heavy atom. The predicted octanol–water partition coefficient (Wildman–Crippen LogP) is 4.03. The molecule has 0 bridgehead atoms. The lowest BCUT2D eigenvalue weighted by molar-refractivity contribution is 0.411. The normalized spacial score (nSPS) is 20.0. The molecule has 0 saturated carbocycles. The molecule has 1 aliphatic carbocycles. The van der Waals surface area contributed by atoms with Crippen molar-refractivity contribution in [3.63, 3.8) is 0 Å². The van der Waals surface area contributed by atoms with Crippen LogP contribution in [0.5, 0.6) is 0 Å². The van der Waals surface area contributed by atoms with Crippen LogP contribution in [-0.4, -0.2) is 0 Å². The molecule has 1 aliphatic rings. The van der Waals surface area contributed by atoms with Crippen LogP contribution in [0.1, 0.15) is 40.8 Å². The number of hydrogen-bond donors (Lipinski definition) is 2. The molecule has 100 valence electrons. The third kappa shape index (κ3) is 2.43. The second-order valence-electron chi connectivity index (χ2n) is 4.96. The summed E-state index contributed by atoms with van der Waals surface area (Å²) in [7, 11) is 0. The minimum atomic E-state index is 0.0855. The summed E-state index contributed by atoms with van der Waals surface area (Å²) < 4.78 is 0. The largest absolute Gasteiger partial charge is 0.271 e. The van der Waals surface area contributed by atoms with E-state index in [4.69, 9.17) is 17.4 Å². The zero-order valence-electron chi connectivity index (χ0n) is 10.6. The van der Waals surface area contributed by atoms with E-state index in [1.807, 2.05) is 29.5 Å². The van der Waals surface area contributed by atoms with E-state index in [-0.39, 0.29) is 6.04 Å². The van der Waals surface area contributed by atoms with Crippen molar-refractivity contribution in [3.05, 3.63) is 56.7 Å². The van der Waals surface area contributed by atoms with Crippen molar-refractivity contribution in [2.24, 2.45) is 5.84 Å². The lowest BCUT2D eigenvalue weighted by Crippen LogP contribution is -2.33. The van der Waals surface area contributed by atoms with Gasteiger partial charge in [0.2, 0.25) is 0 Å². The highest BCUT2D eigenvalue weighted by molar-refractivity contribution is 7.10. The Kier molecular flexibility index (Phi) is 3.89. The number of benzene rings is 1. The van der Waals surface area contributed by atoms with Gasteiger partial charge in [0.25, 0.3) is 0 Å². The van der Waals surface area contributed by atoms with E-state index < -0.39 is 0 Å². The molecule has 0 amide bonds. The van der Waals surface area contributed by atoms with Crippen LogP contribution < -0.4 is 11.3 Å². The summed E-state index contributed by atoms with van der Waals surface area (Å²) in [5.74, 6) is 6.24. The number of fused-ring (bicyclic) bond motifs is 1. The molecule has 2 atom stereocenters. The zero-order chi connectivity index (χ0) is 13.2. The Labute approximate surface area is 122 Å². The van der Waals surface area contributed by atoms with Crippen molar-refractivity contribution in [2.45, 2.75) is 31.2 Å². The van der Waals surface area contributed by atoms with Crippen LogP contribution in [-0.2, 0) is 6.42 Å². The van der Waals surface area contributed by atoms with E-state index in [0.29, 0.717) is 5.92 Å². The van der Waals surface area contributed by atoms with Crippen LogP contribution in [0.2, 0.25) is 5.02 Å². The number of nitrogens with two attached hydrogens (primary N) is 1. The van der Waals surface area contributed by atoms with Crippen molar-refractivity contribution in [2.75, 3.05) is 0 Å². The van der Waals surface area contributed by atoms with E-state index in [9.17, 15) is 0 Å². The summed E-state index contributed by atoms with van der Waals surface area (Å²) in [6.45, 7) is 0. The van der Waals surface area contributed by atoms with E-state index in [2.05, 4.69) is 22.9 Å². The number of nitrogens with one attached hydrogen (secondary N) is 1. The van der Waals surface area contributed by atoms with Crippen molar-refractivity contribution < 1.29 is 0 Å². The molecule has 2 nitrogen and oxygen atoms in total. The van der Waals surface area contributed by atoms with Crippen LogP contribution in [0.4, 0.5) is 0 Å². The SMILES string of the molecule is NNC(c1ccccc1Cl)C1CCCc2sccc21. The van der Waals surface area contributed by atoms with Crippen LogP contribution in [0, 0.1) is 0 Å². The maximum absolute atomic E-state index is 6.33. The topological polar surface area (TPSA) is 38.0 Å². The van der Waals surface area contributed by atoms with E-state index in [1.165, 1.54) is 23.3 Å². The molecule has 0 aliphatic heterocycles. The molecule has 1 heterocycles. The second kappa shape index (κ2) is 5.63. The summed E-state index contributed by atoms with van der Waals surface area (Å²) in [5.41, 5.74) is 5.52. The fraction of sp³-hybridized carbons (Fsp3) is 0.333. The number of hydrogen-bond acceptors (Lipinski definition) is 3. The van der Waals surface area contributed by atoms with Crippen molar-refractivity contribution in [1.82, 2.24) is 5.43 Å². The Morgan fingerprint density at radius 3 is 2.95 bits per heavy atom. The van der Waals surface area contributed by atoms with Gasteiger partial charge in [-0.05, 0) is 47.9 Å². The maximum Gasteiger partial charge on any atom is 0.0543 e. The van der Waals surface area contributed by atoms with Gasteiger partial charge in [-0.15, -0.1) is 11.3 Å². The summed E-state index contributed by atoms with van der Waals surface area (Å²) >= 11 is 8.18. The van der Waals surface area contributed by atoms with Gasteiger partial charge in [-0.2, -0.15) is 0 Å². The van der Waals surface area contributed by atoms with Gasteiger partial charge in [-0.1, -0.05) is 29.8 Å². The second-order valence-corrected chi connectivity index (χ2v) is 6.37. The van der Waals surface area contributed by atoms with Crippen LogP contribution in [0.3, 0.4) is 0 Å². The Bertz CT molecular complexity index is 567. The first-order valence-electron chi connectivity index (χ1n) is 6.58. The van der Waals surface area contributed by atoms with Gasteiger partial charge in [0.1, 0.15) is 0 Å². The average Bonchev–Trinajstić information content (AvgIpc) is 2.91. The number of halogens is 1. The minimum absolute atomic E-state index is 0.0855. The first-order valence-corrected chi connectivity index (χ1v) is 7.84. The van der Waals surface area contributed by atoms with Crippen molar-refractivity contribution in [1.29, 1.82) is 0 Å². The number of aryl methyl sites for hydroxylation is 1. The number of thiophene rings is 1. The monoisotopic (exact) mass is 292 g/mol. The van der Waals surface area contributed by atoms with Gasteiger partial charge >= 0.3 is 0 Å². The lowest BCUT2D eigenvalue weighted by Gasteiger charge is -2.31. The molecule has 19 heavy (non-hydrogen) atoms. The molecule has 3 rings (SSSR count). The van der Waals surface area contributed by atoms with Gasteiger partial charge in [0.05, 0.1) is 6.04 Å². The molecular formula is C15H17ClN2S. The van der Waals surface area contributed by atoms with E-state index in [1.54, 1.807) is 0 Å². The number of rotatable bonds is 3. The fourth-order valence-corrected chi connectivity index (χ4v) is 4.27. The van der Waals surface area contributed by atoms with Gasteiger partial charge < -0.3 is 0 Å². The highest BCUT2D eigenvalue weighted by Gasteiger charge is 2.30. The lowest BCUT2D eigenvalue weighted by atomic mass is 9.80. The van der Waals surface area contributed by atoms with Crippen LogP contribution in [0.25, 0.3) is 0 Å².